The molecule has 1 aromatic carbocycles. The molecule has 2 amide bonds. The number of ether oxygens (including phenoxy) is 2. The lowest BCUT2D eigenvalue weighted by atomic mass is 10.2. The number of rotatable bonds is 5. The Kier molecular flexibility index (Phi) is 5.13. The van der Waals surface area contributed by atoms with E-state index in [0.717, 1.165) is 5.69 Å². The zero-order chi connectivity index (χ0) is 17.6. The molecule has 1 aliphatic heterocycles. The van der Waals surface area contributed by atoms with Crippen LogP contribution < -0.4 is 20.1 Å². The van der Waals surface area contributed by atoms with Crippen LogP contribution >= 0.6 is 0 Å². The number of nitrogens with one attached hydrogen (secondary N) is 2. The Labute approximate surface area is 145 Å². The highest BCUT2D eigenvalue weighted by Crippen LogP contribution is 2.30. The van der Waals surface area contributed by atoms with Crippen molar-refractivity contribution in [2.45, 2.75) is 19.4 Å². The van der Waals surface area contributed by atoms with E-state index in [-0.39, 0.29) is 31.4 Å². The molecule has 0 saturated carbocycles. The van der Waals surface area contributed by atoms with E-state index in [4.69, 9.17) is 9.47 Å². The third-order valence-electron chi connectivity index (χ3n) is 3.61. The van der Waals surface area contributed by atoms with Crippen molar-refractivity contribution in [2.24, 2.45) is 0 Å². The van der Waals surface area contributed by atoms with Gasteiger partial charge in [-0.2, -0.15) is 0 Å². The highest BCUT2D eigenvalue weighted by atomic mass is 16.6. The van der Waals surface area contributed by atoms with Crippen LogP contribution in [0.4, 0.5) is 5.82 Å². The fraction of sp³-hybridized carbons (Fsp3) is 0.278. The summed E-state index contributed by atoms with van der Waals surface area (Å²) < 4.78 is 11.1. The minimum absolute atomic E-state index is 0.141. The normalized spacial score (nSPS) is 15.3. The van der Waals surface area contributed by atoms with Crippen molar-refractivity contribution in [1.82, 2.24) is 10.3 Å². The first kappa shape index (κ1) is 16.8. The average molecular weight is 341 g/mol. The van der Waals surface area contributed by atoms with Gasteiger partial charge in [0.05, 0.1) is 0 Å². The second-order valence-electron chi connectivity index (χ2n) is 5.62. The third-order valence-corrected chi connectivity index (χ3v) is 3.61. The van der Waals surface area contributed by atoms with Crippen molar-refractivity contribution in [3.8, 4) is 11.5 Å². The van der Waals surface area contributed by atoms with Gasteiger partial charge in [-0.05, 0) is 31.2 Å². The fourth-order valence-electron chi connectivity index (χ4n) is 2.38. The number of pyridine rings is 1. The lowest BCUT2D eigenvalue weighted by molar-refractivity contribution is -0.130. The Hall–Kier alpha value is -3.09. The summed E-state index contributed by atoms with van der Waals surface area (Å²) in [7, 11) is 0. The molecule has 0 fully saturated rings. The number of para-hydroxylation sites is 2. The minimum Gasteiger partial charge on any atom is -0.485 e. The number of amides is 2. The van der Waals surface area contributed by atoms with E-state index in [1.165, 1.54) is 0 Å². The quantitative estimate of drug-likeness (QED) is 0.863. The van der Waals surface area contributed by atoms with Crippen molar-refractivity contribution in [1.29, 1.82) is 0 Å². The number of hydrogen-bond donors (Lipinski definition) is 2. The van der Waals surface area contributed by atoms with Crippen LogP contribution in [0, 0.1) is 6.92 Å². The first-order chi connectivity index (χ1) is 12.1. The van der Waals surface area contributed by atoms with Gasteiger partial charge in [0.15, 0.2) is 11.5 Å². The van der Waals surface area contributed by atoms with E-state index < -0.39 is 6.10 Å². The molecule has 7 heteroatoms. The number of carbonyl (C=O) groups excluding carboxylic acids is 2. The van der Waals surface area contributed by atoms with Crippen LogP contribution in [0.25, 0.3) is 0 Å². The van der Waals surface area contributed by atoms with Crippen molar-refractivity contribution in [3.05, 3.63) is 48.2 Å². The van der Waals surface area contributed by atoms with Crippen LogP contribution in [-0.2, 0) is 9.59 Å². The number of fused-ring (bicyclic) bond motifs is 1. The highest BCUT2D eigenvalue weighted by molar-refractivity contribution is 5.90. The first-order valence-corrected chi connectivity index (χ1v) is 8.01. The van der Waals surface area contributed by atoms with E-state index in [9.17, 15) is 9.59 Å². The monoisotopic (exact) mass is 341 g/mol. The molecule has 1 aromatic heterocycles. The summed E-state index contributed by atoms with van der Waals surface area (Å²) in [5, 5.41) is 5.38. The maximum atomic E-state index is 12.1. The minimum atomic E-state index is -0.726. The van der Waals surface area contributed by atoms with Crippen LogP contribution in [-0.4, -0.2) is 36.1 Å². The number of benzene rings is 1. The van der Waals surface area contributed by atoms with Crippen LogP contribution in [0.5, 0.6) is 11.5 Å². The maximum absolute atomic E-state index is 12.1. The molecule has 2 N–H and O–H groups in total. The third kappa shape index (κ3) is 4.47. The molecule has 1 atom stereocenters. The lowest BCUT2D eigenvalue weighted by Crippen LogP contribution is -2.44. The molecule has 7 nitrogen and oxygen atoms in total. The van der Waals surface area contributed by atoms with Gasteiger partial charge >= 0.3 is 0 Å². The fourth-order valence-corrected chi connectivity index (χ4v) is 2.38. The molecule has 0 bridgehead atoms. The topological polar surface area (TPSA) is 89.6 Å². The van der Waals surface area contributed by atoms with Gasteiger partial charge in [0.25, 0.3) is 5.91 Å². The van der Waals surface area contributed by atoms with Gasteiger partial charge in [-0.3, -0.25) is 9.59 Å². The van der Waals surface area contributed by atoms with Crippen LogP contribution in [0.3, 0.4) is 0 Å². The van der Waals surface area contributed by atoms with E-state index in [2.05, 4.69) is 15.6 Å². The zero-order valence-corrected chi connectivity index (χ0v) is 13.8. The Bertz CT molecular complexity index is 778. The Morgan fingerprint density at radius 3 is 2.76 bits per heavy atom. The van der Waals surface area contributed by atoms with Gasteiger partial charge in [0.1, 0.15) is 12.4 Å². The molecular formula is C18H19N3O4. The van der Waals surface area contributed by atoms with Crippen LogP contribution in [0.2, 0.25) is 0 Å². The molecule has 2 aromatic rings. The number of hydrogen-bond acceptors (Lipinski definition) is 5. The second-order valence-corrected chi connectivity index (χ2v) is 5.62. The van der Waals surface area contributed by atoms with Crippen molar-refractivity contribution < 1.29 is 19.1 Å². The number of nitrogens with zero attached hydrogens (tertiary/aromatic N) is 1. The Morgan fingerprint density at radius 2 is 1.96 bits per heavy atom. The number of aryl methyl sites for hydroxylation is 1. The molecule has 0 saturated heterocycles. The molecule has 0 unspecified atom stereocenters. The second kappa shape index (κ2) is 7.65. The maximum Gasteiger partial charge on any atom is 0.264 e. The Balaban J connectivity index is 1.43. The molecule has 3 rings (SSSR count). The Morgan fingerprint density at radius 1 is 1.16 bits per heavy atom. The average Bonchev–Trinajstić information content (AvgIpc) is 2.61. The van der Waals surface area contributed by atoms with Gasteiger partial charge in [-0.25, -0.2) is 4.98 Å². The van der Waals surface area contributed by atoms with Gasteiger partial charge in [0.2, 0.25) is 12.0 Å². The van der Waals surface area contributed by atoms with Gasteiger partial charge < -0.3 is 20.1 Å². The number of anilines is 1. The highest BCUT2D eigenvalue weighted by Gasteiger charge is 2.26. The number of aromatic nitrogens is 1. The molecular weight excluding hydrogens is 322 g/mol. The summed E-state index contributed by atoms with van der Waals surface area (Å²) in [6.07, 6.45) is -0.581. The van der Waals surface area contributed by atoms with Crippen LogP contribution in [0.15, 0.2) is 42.5 Å². The van der Waals surface area contributed by atoms with Gasteiger partial charge in [0, 0.05) is 18.7 Å². The van der Waals surface area contributed by atoms with E-state index in [1.807, 2.05) is 31.2 Å². The summed E-state index contributed by atoms with van der Waals surface area (Å²) in [4.78, 5) is 28.2. The molecule has 1 aliphatic rings. The largest absolute Gasteiger partial charge is 0.485 e. The molecule has 130 valence electrons. The molecule has 0 spiro atoms. The lowest BCUT2D eigenvalue weighted by Gasteiger charge is -2.25. The summed E-state index contributed by atoms with van der Waals surface area (Å²) in [6.45, 7) is 2.19. The predicted molar refractivity (Wildman–Crippen MR) is 91.6 cm³/mol. The molecule has 0 aliphatic carbocycles. The molecule has 25 heavy (non-hydrogen) atoms. The zero-order valence-electron chi connectivity index (χ0n) is 13.8. The van der Waals surface area contributed by atoms with Gasteiger partial charge in [-0.1, -0.05) is 18.2 Å². The predicted octanol–water partition coefficient (Wildman–Crippen LogP) is 1.67. The summed E-state index contributed by atoms with van der Waals surface area (Å²) >= 11 is 0. The first-order valence-electron chi connectivity index (χ1n) is 8.01. The molecule has 2 heterocycles. The van der Waals surface area contributed by atoms with Gasteiger partial charge in [-0.15, -0.1) is 0 Å². The van der Waals surface area contributed by atoms with Crippen molar-refractivity contribution >= 4 is 17.6 Å². The van der Waals surface area contributed by atoms with E-state index in [1.54, 1.807) is 18.2 Å². The standard InChI is InChI=1S/C18H19N3O4/c1-12-5-4-8-16(20-12)21-17(22)9-10-19-18(23)15-11-24-13-6-2-3-7-14(13)25-15/h2-8,15H,9-11H2,1H3,(H,19,23)(H,20,21,22)/t15-/m0/s1. The summed E-state index contributed by atoms with van der Waals surface area (Å²) in [6, 6.07) is 12.6. The summed E-state index contributed by atoms with van der Waals surface area (Å²) in [5.74, 6) is 1.13. The van der Waals surface area contributed by atoms with Crippen molar-refractivity contribution in [2.75, 3.05) is 18.5 Å². The number of carbonyl (C=O) groups is 2. The van der Waals surface area contributed by atoms with E-state index >= 15 is 0 Å². The van der Waals surface area contributed by atoms with Crippen molar-refractivity contribution in [3.63, 3.8) is 0 Å². The summed E-state index contributed by atoms with van der Waals surface area (Å²) in [5.41, 5.74) is 0.820. The molecule has 0 radical (unpaired) electrons. The SMILES string of the molecule is Cc1cccc(NC(=O)CCNC(=O)[C@@H]2COc3ccccc3O2)n1. The smallest absolute Gasteiger partial charge is 0.264 e. The van der Waals surface area contributed by atoms with E-state index in [0.29, 0.717) is 17.3 Å². The van der Waals surface area contributed by atoms with Crippen LogP contribution in [0.1, 0.15) is 12.1 Å².